The van der Waals surface area contributed by atoms with E-state index in [-0.39, 0.29) is 0 Å². The number of rotatable bonds is 5. The average molecular weight is 349 g/mol. The van der Waals surface area contributed by atoms with Crippen molar-refractivity contribution in [1.82, 2.24) is 10.5 Å². The minimum atomic E-state index is -0.749. The topological polar surface area (TPSA) is 84.2 Å². The first kappa shape index (κ1) is 17.4. The molecule has 0 aliphatic heterocycles. The fourth-order valence-electron chi connectivity index (χ4n) is 2.52. The number of benzene rings is 2. The number of hydrogen-bond donors (Lipinski definition) is 2. The molecule has 0 aliphatic rings. The van der Waals surface area contributed by atoms with Gasteiger partial charge in [-0.2, -0.15) is 0 Å². The van der Waals surface area contributed by atoms with Crippen LogP contribution in [0.5, 0.6) is 0 Å². The number of aryl methyl sites for hydroxylation is 1. The van der Waals surface area contributed by atoms with E-state index in [4.69, 9.17) is 4.52 Å². The summed E-state index contributed by atoms with van der Waals surface area (Å²) in [6.45, 7) is 2.09. The predicted octanol–water partition coefficient (Wildman–Crippen LogP) is 2.95. The number of nitrogens with one attached hydrogen (secondary N) is 2. The van der Waals surface area contributed by atoms with E-state index in [2.05, 4.69) is 15.8 Å². The molecule has 0 fully saturated rings. The minimum Gasteiger partial charge on any atom is -0.354 e. The van der Waals surface area contributed by atoms with Gasteiger partial charge in [-0.3, -0.25) is 9.59 Å². The molecule has 3 aromatic rings. The van der Waals surface area contributed by atoms with Crippen molar-refractivity contribution in [3.8, 4) is 11.3 Å². The van der Waals surface area contributed by atoms with Crippen molar-refractivity contribution in [3.63, 3.8) is 0 Å². The van der Waals surface area contributed by atoms with Gasteiger partial charge in [-0.15, -0.1) is 0 Å². The molecule has 1 aromatic heterocycles. The standard InChI is InChI=1S/C20H19N3O3/c1-14-17(18(26-23-14)16-10-6-3-7-11-16)22-20(25)19(24)21-13-12-15-8-4-2-5-9-15/h2-11H,12-13H2,1H3,(H,21,24)(H,22,25). The van der Waals surface area contributed by atoms with Crippen LogP contribution in [0.3, 0.4) is 0 Å². The quantitative estimate of drug-likeness (QED) is 0.694. The van der Waals surface area contributed by atoms with Crippen molar-refractivity contribution in [2.45, 2.75) is 13.3 Å². The first-order valence-corrected chi connectivity index (χ1v) is 8.30. The summed E-state index contributed by atoms with van der Waals surface area (Å²) in [6.07, 6.45) is 0.654. The first-order chi connectivity index (χ1) is 12.6. The van der Waals surface area contributed by atoms with E-state index < -0.39 is 11.8 Å². The highest BCUT2D eigenvalue weighted by atomic mass is 16.5. The molecule has 0 unspecified atom stereocenters. The van der Waals surface area contributed by atoms with Gasteiger partial charge in [-0.1, -0.05) is 65.8 Å². The van der Waals surface area contributed by atoms with E-state index in [1.807, 2.05) is 60.7 Å². The molecule has 0 atom stereocenters. The van der Waals surface area contributed by atoms with Gasteiger partial charge < -0.3 is 15.2 Å². The van der Waals surface area contributed by atoms with Crippen molar-refractivity contribution in [2.24, 2.45) is 0 Å². The maximum absolute atomic E-state index is 12.2. The fraction of sp³-hybridized carbons (Fsp3) is 0.150. The van der Waals surface area contributed by atoms with Crippen LogP contribution in [0, 0.1) is 6.92 Å². The Kier molecular flexibility index (Phi) is 5.43. The molecule has 3 rings (SSSR count). The van der Waals surface area contributed by atoms with Crippen molar-refractivity contribution >= 4 is 17.5 Å². The van der Waals surface area contributed by atoms with Gasteiger partial charge in [0.1, 0.15) is 11.4 Å². The highest BCUT2D eigenvalue weighted by molar-refractivity contribution is 6.40. The van der Waals surface area contributed by atoms with Crippen LogP contribution in [0.4, 0.5) is 5.69 Å². The number of anilines is 1. The summed E-state index contributed by atoms with van der Waals surface area (Å²) in [4.78, 5) is 24.2. The number of aromatic nitrogens is 1. The molecule has 2 amide bonds. The molecule has 0 aliphatic carbocycles. The average Bonchev–Trinajstić information content (AvgIpc) is 3.03. The van der Waals surface area contributed by atoms with Crippen molar-refractivity contribution < 1.29 is 14.1 Å². The third-order valence-corrected chi connectivity index (χ3v) is 3.89. The van der Waals surface area contributed by atoms with Crippen molar-refractivity contribution in [3.05, 3.63) is 71.9 Å². The summed E-state index contributed by atoms with van der Waals surface area (Å²) in [5, 5.41) is 9.10. The van der Waals surface area contributed by atoms with Crippen LogP contribution in [-0.2, 0) is 16.0 Å². The molecule has 6 nitrogen and oxygen atoms in total. The largest absolute Gasteiger partial charge is 0.354 e. The molecule has 26 heavy (non-hydrogen) atoms. The summed E-state index contributed by atoms with van der Waals surface area (Å²) in [5.74, 6) is -1.02. The lowest BCUT2D eigenvalue weighted by Crippen LogP contribution is -2.36. The Morgan fingerprint density at radius 3 is 2.31 bits per heavy atom. The third-order valence-electron chi connectivity index (χ3n) is 3.89. The van der Waals surface area contributed by atoms with E-state index in [9.17, 15) is 9.59 Å². The van der Waals surface area contributed by atoms with Gasteiger partial charge in [0, 0.05) is 12.1 Å². The lowest BCUT2D eigenvalue weighted by Gasteiger charge is -2.07. The predicted molar refractivity (Wildman–Crippen MR) is 98.5 cm³/mol. The van der Waals surface area contributed by atoms with E-state index >= 15 is 0 Å². The lowest BCUT2D eigenvalue weighted by atomic mass is 10.1. The monoisotopic (exact) mass is 349 g/mol. The number of hydrogen-bond acceptors (Lipinski definition) is 4. The zero-order valence-electron chi connectivity index (χ0n) is 14.4. The molecule has 0 saturated carbocycles. The van der Waals surface area contributed by atoms with Gasteiger partial charge in [0.15, 0.2) is 5.76 Å². The summed E-state index contributed by atoms with van der Waals surface area (Å²) in [5.41, 5.74) is 2.77. The number of carbonyl (C=O) groups is 2. The second-order valence-electron chi connectivity index (χ2n) is 5.78. The van der Waals surface area contributed by atoms with E-state index in [0.29, 0.717) is 30.1 Å². The number of carbonyl (C=O) groups excluding carboxylic acids is 2. The molecule has 2 N–H and O–H groups in total. The van der Waals surface area contributed by atoms with Crippen LogP contribution in [0.15, 0.2) is 65.2 Å². The lowest BCUT2D eigenvalue weighted by molar-refractivity contribution is -0.136. The first-order valence-electron chi connectivity index (χ1n) is 8.30. The van der Waals surface area contributed by atoms with Crippen LogP contribution < -0.4 is 10.6 Å². The molecule has 0 spiro atoms. The Labute approximate surface area is 151 Å². The SMILES string of the molecule is Cc1noc(-c2ccccc2)c1NC(=O)C(=O)NCCc1ccccc1. The molecule has 1 heterocycles. The molecular weight excluding hydrogens is 330 g/mol. The number of amides is 2. The smallest absolute Gasteiger partial charge is 0.313 e. The zero-order chi connectivity index (χ0) is 18.4. The molecule has 0 radical (unpaired) electrons. The Balaban J connectivity index is 1.61. The maximum Gasteiger partial charge on any atom is 0.313 e. The van der Waals surface area contributed by atoms with Crippen LogP contribution in [-0.4, -0.2) is 23.5 Å². The summed E-state index contributed by atoms with van der Waals surface area (Å²) >= 11 is 0. The fourth-order valence-corrected chi connectivity index (χ4v) is 2.52. The third kappa shape index (κ3) is 4.16. The normalized spacial score (nSPS) is 10.3. The molecular formula is C20H19N3O3. The second-order valence-corrected chi connectivity index (χ2v) is 5.78. The van der Waals surface area contributed by atoms with Gasteiger partial charge >= 0.3 is 11.8 Å². The maximum atomic E-state index is 12.2. The summed E-state index contributed by atoms with van der Waals surface area (Å²) < 4.78 is 5.30. The van der Waals surface area contributed by atoms with Gasteiger partial charge in [0.25, 0.3) is 0 Å². The Morgan fingerprint density at radius 2 is 1.62 bits per heavy atom. The van der Waals surface area contributed by atoms with Crippen LogP contribution in [0.1, 0.15) is 11.3 Å². The van der Waals surface area contributed by atoms with E-state index in [1.165, 1.54) is 0 Å². The highest BCUT2D eigenvalue weighted by Gasteiger charge is 2.20. The highest BCUT2D eigenvalue weighted by Crippen LogP contribution is 2.30. The molecule has 132 valence electrons. The van der Waals surface area contributed by atoms with E-state index in [1.54, 1.807) is 6.92 Å². The van der Waals surface area contributed by atoms with Gasteiger partial charge in [0.05, 0.1) is 0 Å². The Morgan fingerprint density at radius 1 is 0.962 bits per heavy atom. The molecule has 6 heteroatoms. The molecule has 0 bridgehead atoms. The van der Waals surface area contributed by atoms with Gasteiger partial charge in [0.2, 0.25) is 0 Å². The van der Waals surface area contributed by atoms with Gasteiger partial charge in [-0.25, -0.2) is 0 Å². The van der Waals surface area contributed by atoms with Crippen molar-refractivity contribution in [2.75, 3.05) is 11.9 Å². The number of nitrogens with zero attached hydrogens (tertiary/aromatic N) is 1. The van der Waals surface area contributed by atoms with Gasteiger partial charge in [-0.05, 0) is 18.9 Å². The van der Waals surface area contributed by atoms with Crippen LogP contribution >= 0.6 is 0 Å². The molecule has 0 saturated heterocycles. The van der Waals surface area contributed by atoms with E-state index in [0.717, 1.165) is 11.1 Å². The van der Waals surface area contributed by atoms with Crippen LogP contribution in [0.25, 0.3) is 11.3 Å². The Bertz CT molecular complexity index is 889. The minimum absolute atomic E-state index is 0.379. The second kappa shape index (κ2) is 8.11. The van der Waals surface area contributed by atoms with Crippen molar-refractivity contribution in [1.29, 1.82) is 0 Å². The Hall–Kier alpha value is -3.41. The van der Waals surface area contributed by atoms with Crippen LogP contribution in [0.2, 0.25) is 0 Å². The zero-order valence-corrected chi connectivity index (χ0v) is 14.4. The molecule has 2 aromatic carbocycles. The summed E-state index contributed by atoms with van der Waals surface area (Å²) in [7, 11) is 0. The summed E-state index contributed by atoms with van der Waals surface area (Å²) in [6, 6.07) is 19.0.